The first-order chi connectivity index (χ1) is 11.2. The van der Waals surface area contributed by atoms with Crippen LogP contribution in [0.15, 0.2) is 42.9 Å². The summed E-state index contributed by atoms with van der Waals surface area (Å²) >= 11 is 0. The fourth-order valence-corrected chi connectivity index (χ4v) is 3.41. The summed E-state index contributed by atoms with van der Waals surface area (Å²) in [6.45, 7) is 6.70. The molecule has 0 amide bonds. The summed E-state index contributed by atoms with van der Waals surface area (Å²) < 4.78 is 2.18. The van der Waals surface area contributed by atoms with Gasteiger partial charge in [0.15, 0.2) is 5.65 Å². The van der Waals surface area contributed by atoms with Gasteiger partial charge in [-0.2, -0.15) is 0 Å². The van der Waals surface area contributed by atoms with E-state index in [1.54, 1.807) is 6.20 Å². The quantitative estimate of drug-likeness (QED) is 0.746. The molecular formula is C18H21N5. The number of rotatable bonds is 3. The molecule has 1 fully saturated rings. The van der Waals surface area contributed by atoms with E-state index < -0.39 is 0 Å². The van der Waals surface area contributed by atoms with Crippen molar-refractivity contribution in [1.29, 1.82) is 0 Å². The monoisotopic (exact) mass is 307 g/mol. The lowest BCUT2D eigenvalue weighted by Crippen LogP contribution is -2.28. The van der Waals surface area contributed by atoms with E-state index in [2.05, 4.69) is 39.3 Å². The van der Waals surface area contributed by atoms with Gasteiger partial charge in [0.1, 0.15) is 11.3 Å². The second-order valence-electron chi connectivity index (χ2n) is 6.44. The van der Waals surface area contributed by atoms with Gasteiger partial charge >= 0.3 is 0 Å². The predicted molar refractivity (Wildman–Crippen MR) is 90.7 cm³/mol. The first kappa shape index (κ1) is 14.3. The van der Waals surface area contributed by atoms with Crippen LogP contribution in [0.4, 0.5) is 0 Å². The van der Waals surface area contributed by atoms with E-state index in [1.165, 1.54) is 0 Å². The molecule has 0 aromatic carbocycles. The van der Waals surface area contributed by atoms with Crippen LogP contribution in [0.2, 0.25) is 0 Å². The molecule has 0 spiro atoms. The maximum atomic E-state index is 4.91. The van der Waals surface area contributed by atoms with Crippen LogP contribution in [0.25, 0.3) is 16.9 Å². The number of fused-ring (bicyclic) bond motifs is 1. The molecule has 5 nitrogen and oxygen atoms in total. The third-order valence-electron chi connectivity index (χ3n) is 4.66. The number of likely N-dealkylation sites (tertiary alicyclic amines) is 1. The summed E-state index contributed by atoms with van der Waals surface area (Å²) in [5.74, 6) is 1.54. The standard InChI is InChI=1S/C18H21N5/c1-13(2)22-10-7-14(12-22)17-21-16-6-4-9-20-18(16)23(17)15-5-3-8-19-11-15/h3-6,8-9,11,13-14H,7,10,12H2,1-2H3. The Bertz CT molecular complexity index is 809. The van der Waals surface area contributed by atoms with Crippen molar-refractivity contribution in [2.75, 3.05) is 13.1 Å². The molecule has 0 radical (unpaired) electrons. The third-order valence-corrected chi connectivity index (χ3v) is 4.66. The Labute approximate surface area is 136 Å². The molecule has 23 heavy (non-hydrogen) atoms. The second kappa shape index (κ2) is 5.74. The number of pyridine rings is 2. The molecule has 3 aromatic heterocycles. The smallest absolute Gasteiger partial charge is 0.164 e. The lowest BCUT2D eigenvalue weighted by atomic mass is 10.1. The van der Waals surface area contributed by atoms with Crippen LogP contribution in [0.5, 0.6) is 0 Å². The minimum atomic E-state index is 0.437. The zero-order valence-corrected chi connectivity index (χ0v) is 13.6. The van der Waals surface area contributed by atoms with Gasteiger partial charge in [-0.15, -0.1) is 0 Å². The summed E-state index contributed by atoms with van der Waals surface area (Å²) in [4.78, 5) is 16.3. The molecule has 4 heterocycles. The van der Waals surface area contributed by atoms with Gasteiger partial charge in [-0.1, -0.05) is 0 Å². The fraction of sp³-hybridized carbons (Fsp3) is 0.389. The molecular weight excluding hydrogens is 286 g/mol. The van der Waals surface area contributed by atoms with Crippen LogP contribution in [-0.4, -0.2) is 43.6 Å². The van der Waals surface area contributed by atoms with Crippen LogP contribution < -0.4 is 0 Å². The number of hydrogen-bond acceptors (Lipinski definition) is 4. The lowest BCUT2D eigenvalue weighted by molar-refractivity contribution is 0.271. The van der Waals surface area contributed by atoms with Crippen LogP contribution in [0, 0.1) is 0 Å². The molecule has 5 heteroatoms. The Kier molecular flexibility index (Phi) is 3.58. The molecule has 118 valence electrons. The molecule has 1 saturated heterocycles. The highest BCUT2D eigenvalue weighted by Crippen LogP contribution is 2.31. The Balaban J connectivity index is 1.84. The molecule has 1 atom stereocenters. The summed E-state index contributed by atoms with van der Waals surface area (Å²) in [6, 6.07) is 8.59. The average molecular weight is 307 g/mol. The maximum absolute atomic E-state index is 4.91. The van der Waals surface area contributed by atoms with Gasteiger partial charge in [-0.3, -0.25) is 9.55 Å². The maximum Gasteiger partial charge on any atom is 0.164 e. The van der Waals surface area contributed by atoms with Gasteiger partial charge in [0.05, 0.1) is 11.9 Å². The van der Waals surface area contributed by atoms with Crippen LogP contribution in [0.3, 0.4) is 0 Å². The lowest BCUT2D eigenvalue weighted by Gasteiger charge is -2.20. The van der Waals surface area contributed by atoms with E-state index in [-0.39, 0.29) is 0 Å². The number of aromatic nitrogens is 4. The van der Waals surface area contributed by atoms with E-state index >= 15 is 0 Å². The van der Waals surface area contributed by atoms with Gasteiger partial charge in [-0.25, -0.2) is 9.97 Å². The SMILES string of the molecule is CC(C)N1CCC(c2nc3cccnc3n2-c2cccnc2)C1. The van der Waals surface area contributed by atoms with Crippen molar-refractivity contribution >= 4 is 11.2 Å². The van der Waals surface area contributed by atoms with Crippen molar-refractivity contribution in [3.05, 3.63) is 48.7 Å². The Morgan fingerprint density at radius 3 is 2.78 bits per heavy atom. The fourth-order valence-electron chi connectivity index (χ4n) is 3.41. The molecule has 0 N–H and O–H groups in total. The summed E-state index contributed by atoms with van der Waals surface area (Å²) in [5.41, 5.74) is 2.90. The molecule has 0 bridgehead atoms. The first-order valence-corrected chi connectivity index (χ1v) is 8.22. The average Bonchev–Trinajstić information content (AvgIpc) is 3.20. The zero-order valence-electron chi connectivity index (χ0n) is 13.6. The molecule has 0 aliphatic carbocycles. The van der Waals surface area contributed by atoms with Gasteiger partial charge in [0.25, 0.3) is 0 Å². The van der Waals surface area contributed by atoms with Crippen molar-refractivity contribution < 1.29 is 0 Å². The summed E-state index contributed by atoms with van der Waals surface area (Å²) in [6.07, 6.45) is 6.65. The normalized spacial score (nSPS) is 19.0. The van der Waals surface area contributed by atoms with Gasteiger partial charge in [0.2, 0.25) is 0 Å². The van der Waals surface area contributed by atoms with Crippen molar-refractivity contribution in [2.24, 2.45) is 0 Å². The topological polar surface area (TPSA) is 46.8 Å². The highest BCUT2D eigenvalue weighted by Gasteiger charge is 2.30. The van der Waals surface area contributed by atoms with Gasteiger partial charge < -0.3 is 4.90 Å². The molecule has 1 aliphatic rings. The van der Waals surface area contributed by atoms with E-state index in [0.29, 0.717) is 12.0 Å². The van der Waals surface area contributed by atoms with Gasteiger partial charge in [0, 0.05) is 30.9 Å². The van der Waals surface area contributed by atoms with E-state index in [4.69, 9.17) is 4.98 Å². The first-order valence-electron chi connectivity index (χ1n) is 8.22. The van der Waals surface area contributed by atoms with Crippen molar-refractivity contribution in [1.82, 2.24) is 24.4 Å². The summed E-state index contributed by atoms with van der Waals surface area (Å²) in [7, 11) is 0. The minimum Gasteiger partial charge on any atom is -0.300 e. The number of hydrogen-bond donors (Lipinski definition) is 0. The van der Waals surface area contributed by atoms with Crippen molar-refractivity contribution in [3.8, 4) is 5.69 Å². The molecule has 4 rings (SSSR count). The number of nitrogens with zero attached hydrogens (tertiary/aromatic N) is 5. The van der Waals surface area contributed by atoms with Crippen LogP contribution >= 0.6 is 0 Å². The van der Waals surface area contributed by atoms with Gasteiger partial charge in [-0.05, 0) is 51.1 Å². The molecule has 1 unspecified atom stereocenters. The molecule has 3 aromatic rings. The predicted octanol–water partition coefficient (Wildman–Crippen LogP) is 3.01. The highest BCUT2D eigenvalue weighted by molar-refractivity contribution is 5.73. The van der Waals surface area contributed by atoms with Crippen molar-refractivity contribution in [2.45, 2.75) is 32.2 Å². The second-order valence-corrected chi connectivity index (χ2v) is 6.44. The minimum absolute atomic E-state index is 0.437. The third kappa shape index (κ3) is 2.51. The van der Waals surface area contributed by atoms with Crippen LogP contribution in [0.1, 0.15) is 32.0 Å². The molecule has 1 aliphatic heterocycles. The number of imidazole rings is 1. The van der Waals surface area contributed by atoms with E-state index in [0.717, 1.165) is 42.2 Å². The molecule has 0 saturated carbocycles. The largest absolute Gasteiger partial charge is 0.300 e. The van der Waals surface area contributed by atoms with Crippen molar-refractivity contribution in [3.63, 3.8) is 0 Å². The zero-order chi connectivity index (χ0) is 15.8. The summed E-state index contributed by atoms with van der Waals surface area (Å²) in [5, 5.41) is 0. The Morgan fingerprint density at radius 2 is 2.04 bits per heavy atom. The Morgan fingerprint density at radius 1 is 1.17 bits per heavy atom. The Hall–Kier alpha value is -2.27. The van der Waals surface area contributed by atoms with E-state index in [1.807, 2.05) is 30.6 Å². The highest BCUT2D eigenvalue weighted by atomic mass is 15.2. The van der Waals surface area contributed by atoms with Crippen LogP contribution in [-0.2, 0) is 0 Å². The van der Waals surface area contributed by atoms with E-state index in [9.17, 15) is 0 Å².